The number of rotatable bonds is 1. The molecule has 1 aliphatic rings. The molecule has 1 aromatic rings. The van der Waals surface area contributed by atoms with Gasteiger partial charge in [0, 0.05) is 4.90 Å². The molecule has 1 aromatic carbocycles. The first-order valence-electron chi connectivity index (χ1n) is 3.99. The Labute approximate surface area is 79.0 Å². The van der Waals surface area contributed by atoms with Crippen LogP contribution in [0.4, 0.5) is 0 Å². The van der Waals surface area contributed by atoms with Gasteiger partial charge in [0.05, 0.1) is 20.3 Å². The standard InChI is InChI=1S/C9H10OS2/c1-2-9-11-7-5-3-4-6-8(7)12(9)10/h3-6,9H,2H2,1H3/t9-,12?/m1/s1. The average Bonchev–Trinajstić information content (AvgIpc) is 2.44. The van der Waals surface area contributed by atoms with Crippen molar-refractivity contribution in [2.75, 3.05) is 0 Å². The second-order valence-electron chi connectivity index (χ2n) is 2.70. The fourth-order valence-corrected chi connectivity index (χ4v) is 4.49. The summed E-state index contributed by atoms with van der Waals surface area (Å²) >= 11 is 1.74. The van der Waals surface area contributed by atoms with Crippen molar-refractivity contribution in [3.05, 3.63) is 24.3 Å². The maximum atomic E-state index is 11.7. The van der Waals surface area contributed by atoms with Crippen LogP contribution in [0.3, 0.4) is 0 Å². The van der Waals surface area contributed by atoms with Crippen LogP contribution in [-0.2, 0) is 10.8 Å². The molecule has 0 bridgehead atoms. The highest BCUT2D eigenvalue weighted by Crippen LogP contribution is 2.41. The third-order valence-corrected chi connectivity index (χ3v) is 5.65. The normalized spacial score (nSPS) is 27.1. The van der Waals surface area contributed by atoms with Crippen molar-refractivity contribution in [1.29, 1.82) is 0 Å². The Bertz CT molecular complexity index is 322. The summed E-state index contributed by atoms with van der Waals surface area (Å²) in [6, 6.07) is 7.97. The zero-order valence-electron chi connectivity index (χ0n) is 6.82. The Balaban J connectivity index is 2.42. The number of benzene rings is 1. The van der Waals surface area contributed by atoms with Gasteiger partial charge in [-0.1, -0.05) is 19.1 Å². The Morgan fingerprint density at radius 2 is 2.25 bits per heavy atom. The molecule has 0 N–H and O–H groups in total. The van der Waals surface area contributed by atoms with Crippen LogP contribution in [0.25, 0.3) is 0 Å². The van der Waals surface area contributed by atoms with E-state index >= 15 is 0 Å². The minimum Gasteiger partial charge on any atom is -0.253 e. The summed E-state index contributed by atoms with van der Waals surface area (Å²) in [5.41, 5.74) is 0. The van der Waals surface area contributed by atoms with Crippen LogP contribution in [0, 0.1) is 0 Å². The highest BCUT2D eigenvalue weighted by Gasteiger charge is 2.27. The minimum atomic E-state index is -0.773. The van der Waals surface area contributed by atoms with Crippen molar-refractivity contribution in [3.63, 3.8) is 0 Å². The van der Waals surface area contributed by atoms with E-state index in [0.29, 0.717) is 0 Å². The maximum Gasteiger partial charge on any atom is 0.0893 e. The molecule has 0 radical (unpaired) electrons. The number of hydrogen-bond acceptors (Lipinski definition) is 2. The quantitative estimate of drug-likeness (QED) is 0.690. The number of fused-ring (bicyclic) bond motifs is 1. The highest BCUT2D eigenvalue weighted by molar-refractivity contribution is 8.13. The lowest BCUT2D eigenvalue weighted by atomic mass is 10.4. The molecule has 2 rings (SSSR count). The summed E-state index contributed by atoms with van der Waals surface area (Å²) in [5.74, 6) is 0. The van der Waals surface area contributed by atoms with Crippen LogP contribution in [0.1, 0.15) is 13.3 Å². The maximum absolute atomic E-state index is 11.7. The largest absolute Gasteiger partial charge is 0.253 e. The first kappa shape index (κ1) is 8.32. The summed E-state index contributed by atoms with van der Waals surface area (Å²) in [7, 11) is -0.773. The summed E-state index contributed by atoms with van der Waals surface area (Å²) in [6.45, 7) is 2.08. The van der Waals surface area contributed by atoms with Gasteiger partial charge < -0.3 is 0 Å². The van der Waals surface area contributed by atoms with Crippen molar-refractivity contribution < 1.29 is 4.21 Å². The van der Waals surface area contributed by atoms with Gasteiger partial charge in [-0.2, -0.15) is 0 Å². The molecule has 1 heterocycles. The molecule has 1 unspecified atom stereocenters. The van der Waals surface area contributed by atoms with Crippen LogP contribution >= 0.6 is 11.8 Å². The van der Waals surface area contributed by atoms with E-state index < -0.39 is 10.8 Å². The zero-order valence-corrected chi connectivity index (χ0v) is 8.45. The van der Waals surface area contributed by atoms with E-state index in [1.54, 1.807) is 11.8 Å². The molecule has 64 valence electrons. The highest BCUT2D eigenvalue weighted by atomic mass is 32.2. The third-order valence-electron chi connectivity index (χ3n) is 1.90. The number of thioether (sulfide) groups is 1. The average molecular weight is 198 g/mol. The van der Waals surface area contributed by atoms with E-state index in [2.05, 4.69) is 6.92 Å². The van der Waals surface area contributed by atoms with Crippen molar-refractivity contribution in [2.45, 2.75) is 27.7 Å². The van der Waals surface area contributed by atoms with E-state index in [9.17, 15) is 4.21 Å². The molecular formula is C9H10OS2. The molecule has 12 heavy (non-hydrogen) atoms. The van der Waals surface area contributed by atoms with Crippen molar-refractivity contribution in [1.82, 2.24) is 0 Å². The van der Waals surface area contributed by atoms with Crippen LogP contribution in [-0.4, -0.2) is 8.79 Å². The number of hydrogen-bond donors (Lipinski definition) is 0. The second kappa shape index (κ2) is 3.23. The van der Waals surface area contributed by atoms with Crippen LogP contribution in [0.15, 0.2) is 34.1 Å². The third kappa shape index (κ3) is 1.21. The van der Waals surface area contributed by atoms with Gasteiger partial charge in [0.15, 0.2) is 0 Å². The first-order valence-corrected chi connectivity index (χ1v) is 6.08. The van der Waals surface area contributed by atoms with Crippen LogP contribution in [0.2, 0.25) is 0 Å². The molecule has 0 saturated carbocycles. The van der Waals surface area contributed by atoms with E-state index in [1.165, 1.54) is 4.90 Å². The van der Waals surface area contributed by atoms with Gasteiger partial charge in [-0.05, 0) is 18.6 Å². The second-order valence-corrected chi connectivity index (χ2v) is 5.85. The van der Waals surface area contributed by atoms with Gasteiger partial charge in [-0.15, -0.1) is 11.8 Å². The smallest absolute Gasteiger partial charge is 0.0893 e. The molecular weight excluding hydrogens is 188 g/mol. The first-order chi connectivity index (χ1) is 5.83. The van der Waals surface area contributed by atoms with Crippen molar-refractivity contribution in [3.8, 4) is 0 Å². The van der Waals surface area contributed by atoms with Gasteiger partial charge in [0.1, 0.15) is 0 Å². The molecule has 0 spiro atoms. The Kier molecular flexibility index (Phi) is 2.24. The zero-order chi connectivity index (χ0) is 8.55. The lowest BCUT2D eigenvalue weighted by Crippen LogP contribution is -2.02. The van der Waals surface area contributed by atoms with E-state index in [-0.39, 0.29) is 4.58 Å². The molecule has 1 nitrogen and oxygen atoms in total. The van der Waals surface area contributed by atoms with Crippen molar-refractivity contribution >= 4 is 22.6 Å². The fraction of sp³-hybridized carbons (Fsp3) is 0.333. The molecule has 2 atom stereocenters. The minimum absolute atomic E-state index is 0.280. The predicted molar refractivity (Wildman–Crippen MR) is 52.8 cm³/mol. The van der Waals surface area contributed by atoms with E-state index in [0.717, 1.165) is 11.3 Å². The molecule has 1 aliphatic heterocycles. The van der Waals surface area contributed by atoms with Gasteiger partial charge in [0.2, 0.25) is 0 Å². The summed E-state index contributed by atoms with van der Waals surface area (Å²) in [6.07, 6.45) is 0.978. The Morgan fingerprint density at radius 1 is 1.50 bits per heavy atom. The SMILES string of the molecule is CC[C@@H]1Sc2ccccc2S1=O. The fourth-order valence-electron chi connectivity index (χ4n) is 1.28. The lowest BCUT2D eigenvalue weighted by Gasteiger charge is -2.00. The summed E-state index contributed by atoms with van der Waals surface area (Å²) < 4.78 is 12.0. The molecule has 0 aliphatic carbocycles. The monoisotopic (exact) mass is 198 g/mol. The van der Waals surface area contributed by atoms with Crippen molar-refractivity contribution in [2.24, 2.45) is 0 Å². The molecule has 0 amide bonds. The van der Waals surface area contributed by atoms with Crippen LogP contribution in [0.5, 0.6) is 0 Å². The molecule has 3 heteroatoms. The summed E-state index contributed by atoms with van der Waals surface area (Å²) in [4.78, 5) is 2.22. The predicted octanol–water partition coefficient (Wildman–Crippen LogP) is 2.64. The Morgan fingerprint density at radius 3 is 2.92 bits per heavy atom. The molecule has 0 aromatic heterocycles. The summed E-state index contributed by atoms with van der Waals surface area (Å²) in [5, 5.41) is 0. The van der Waals surface area contributed by atoms with E-state index in [1.807, 2.05) is 24.3 Å². The lowest BCUT2D eigenvalue weighted by molar-refractivity contribution is 0.680. The molecule has 0 fully saturated rings. The van der Waals surface area contributed by atoms with Gasteiger partial charge in [0.25, 0.3) is 0 Å². The van der Waals surface area contributed by atoms with E-state index in [4.69, 9.17) is 0 Å². The molecule has 0 saturated heterocycles. The topological polar surface area (TPSA) is 17.1 Å². The Hall–Kier alpha value is -0.280. The van der Waals surface area contributed by atoms with Crippen LogP contribution < -0.4 is 0 Å². The van der Waals surface area contributed by atoms with Gasteiger partial charge >= 0.3 is 0 Å². The van der Waals surface area contributed by atoms with Gasteiger partial charge in [-0.25, -0.2) is 0 Å². The van der Waals surface area contributed by atoms with Gasteiger partial charge in [-0.3, -0.25) is 4.21 Å².